The summed E-state index contributed by atoms with van der Waals surface area (Å²) in [5, 5.41) is 0. The number of carbonyl (C=O) groups is 1. The Hall–Kier alpha value is -1.89. The monoisotopic (exact) mass is 402 g/mol. The van der Waals surface area contributed by atoms with Crippen molar-refractivity contribution in [2.24, 2.45) is 11.8 Å². The Kier molecular flexibility index (Phi) is 6.85. The standard InChI is InChI=1S/C22H34N4O3/c1-28-20-6-11-23-22(24-20)25-13-7-17(8-14-25)19-5-3-2-4-12-26(19)21(27)18-9-15-29-16-10-18/h6,11,17-19H,2-5,7-10,12-16H2,1H3/t19-/m0/s1. The molecule has 3 saturated heterocycles. The lowest BCUT2D eigenvalue weighted by atomic mass is 9.85. The highest BCUT2D eigenvalue weighted by Crippen LogP contribution is 2.33. The first-order valence-corrected chi connectivity index (χ1v) is 11.3. The lowest BCUT2D eigenvalue weighted by molar-refractivity contribution is -0.142. The molecule has 1 amide bonds. The molecule has 0 aliphatic carbocycles. The number of ether oxygens (including phenoxy) is 2. The van der Waals surface area contributed by atoms with Gasteiger partial charge in [0.15, 0.2) is 0 Å². The van der Waals surface area contributed by atoms with Gasteiger partial charge >= 0.3 is 0 Å². The van der Waals surface area contributed by atoms with Gasteiger partial charge in [-0.25, -0.2) is 4.98 Å². The SMILES string of the molecule is COc1ccnc(N2CCC([C@@H]3CCCCCN3C(=O)C3CCOCC3)CC2)n1. The van der Waals surface area contributed by atoms with Gasteiger partial charge in [0.25, 0.3) is 0 Å². The van der Waals surface area contributed by atoms with Crippen molar-refractivity contribution in [2.45, 2.75) is 57.4 Å². The van der Waals surface area contributed by atoms with Crippen molar-refractivity contribution in [3.63, 3.8) is 0 Å². The molecular weight excluding hydrogens is 368 g/mol. The van der Waals surface area contributed by atoms with Crippen LogP contribution >= 0.6 is 0 Å². The van der Waals surface area contributed by atoms with Gasteiger partial charge in [-0.15, -0.1) is 0 Å². The van der Waals surface area contributed by atoms with Crippen LogP contribution in [-0.2, 0) is 9.53 Å². The number of rotatable bonds is 4. The van der Waals surface area contributed by atoms with Gasteiger partial charge in [-0.2, -0.15) is 4.98 Å². The first-order chi connectivity index (χ1) is 14.3. The van der Waals surface area contributed by atoms with Crippen molar-refractivity contribution in [3.8, 4) is 5.88 Å². The van der Waals surface area contributed by atoms with Crippen LogP contribution in [0.3, 0.4) is 0 Å². The number of amides is 1. The van der Waals surface area contributed by atoms with E-state index in [2.05, 4.69) is 19.8 Å². The highest BCUT2D eigenvalue weighted by molar-refractivity contribution is 5.79. The number of hydrogen-bond acceptors (Lipinski definition) is 6. The number of anilines is 1. The van der Waals surface area contributed by atoms with Crippen LogP contribution in [0.15, 0.2) is 12.3 Å². The van der Waals surface area contributed by atoms with Crippen LogP contribution in [-0.4, -0.2) is 66.8 Å². The third-order valence-electron chi connectivity index (χ3n) is 6.85. The fourth-order valence-electron chi connectivity index (χ4n) is 5.16. The number of nitrogens with zero attached hydrogens (tertiary/aromatic N) is 4. The summed E-state index contributed by atoms with van der Waals surface area (Å²) in [6, 6.07) is 2.17. The van der Waals surface area contributed by atoms with Crippen LogP contribution in [0.1, 0.15) is 51.4 Å². The normalized spacial score (nSPS) is 24.9. The summed E-state index contributed by atoms with van der Waals surface area (Å²) in [4.78, 5) is 26.8. The van der Waals surface area contributed by atoms with E-state index in [4.69, 9.17) is 9.47 Å². The fraction of sp³-hybridized carbons (Fsp3) is 0.773. The maximum atomic E-state index is 13.3. The maximum absolute atomic E-state index is 13.3. The van der Waals surface area contributed by atoms with Gasteiger partial charge < -0.3 is 19.3 Å². The van der Waals surface area contributed by atoms with E-state index in [9.17, 15) is 4.79 Å². The highest BCUT2D eigenvalue weighted by atomic mass is 16.5. The van der Waals surface area contributed by atoms with Gasteiger partial charge in [-0.1, -0.05) is 12.8 Å². The number of piperidine rings is 1. The van der Waals surface area contributed by atoms with Crippen molar-refractivity contribution >= 4 is 11.9 Å². The summed E-state index contributed by atoms with van der Waals surface area (Å²) in [6.07, 6.45) is 10.5. The summed E-state index contributed by atoms with van der Waals surface area (Å²) in [5.74, 6) is 2.47. The summed E-state index contributed by atoms with van der Waals surface area (Å²) >= 11 is 0. The molecule has 3 aliphatic rings. The first-order valence-electron chi connectivity index (χ1n) is 11.3. The van der Waals surface area contributed by atoms with Crippen LogP contribution in [0.2, 0.25) is 0 Å². The molecular formula is C22H34N4O3. The molecule has 0 unspecified atom stereocenters. The molecule has 3 aliphatic heterocycles. The van der Waals surface area contributed by atoms with Gasteiger partial charge in [0.1, 0.15) is 0 Å². The van der Waals surface area contributed by atoms with Crippen LogP contribution in [0.5, 0.6) is 5.88 Å². The fourth-order valence-corrected chi connectivity index (χ4v) is 5.16. The molecule has 0 spiro atoms. The Morgan fingerprint density at radius 3 is 2.62 bits per heavy atom. The predicted molar refractivity (Wildman–Crippen MR) is 111 cm³/mol. The van der Waals surface area contributed by atoms with Crippen LogP contribution in [0.4, 0.5) is 5.95 Å². The van der Waals surface area contributed by atoms with E-state index in [0.29, 0.717) is 23.7 Å². The van der Waals surface area contributed by atoms with Gasteiger partial charge in [0.2, 0.25) is 17.7 Å². The smallest absolute Gasteiger partial charge is 0.228 e. The molecule has 3 fully saturated rings. The molecule has 29 heavy (non-hydrogen) atoms. The Bertz CT molecular complexity index is 672. The average Bonchev–Trinajstić information content (AvgIpc) is 3.05. The van der Waals surface area contributed by atoms with Crippen molar-refractivity contribution in [2.75, 3.05) is 44.9 Å². The second kappa shape index (κ2) is 9.74. The van der Waals surface area contributed by atoms with Crippen molar-refractivity contribution in [1.82, 2.24) is 14.9 Å². The molecule has 4 heterocycles. The topological polar surface area (TPSA) is 67.8 Å². The van der Waals surface area contributed by atoms with Gasteiger partial charge in [0.05, 0.1) is 7.11 Å². The molecule has 7 nitrogen and oxygen atoms in total. The minimum Gasteiger partial charge on any atom is -0.481 e. The van der Waals surface area contributed by atoms with Crippen LogP contribution in [0.25, 0.3) is 0 Å². The predicted octanol–water partition coefficient (Wildman–Crippen LogP) is 2.90. The zero-order chi connectivity index (χ0) is 20.1. The zero-order valence-corrected chi connectivity index (χ0v) is 17.6. The molecule has 4 rings (SSSR count). The number of likely N-dealkylation sites (tertiary alicyclic amines) is 1. The molecule has 1 aromatic heterocycles. The van der Waals surface area contributed by atoms with Crippen LogP contribution in [0, 0.1) is 11.8 Å². The summed E-state index contributed by atoms with van der Waals surface area (Å²) in [6.45, 7) is 4.27. The highest BCUT2D eigenvalue weighted by Gasteiger charge is 2.37. The molecule has 0 saturated carbocycles. The summed E-state index contributed by atoms with van der Waals surface area (Å²) in [5.41, 5.74) is 0. The average molecular weight is 403 g/mol. The van der Waals surface area contributed by atoms with Crippen molar-refractivity contribution in [1.29, 1.82) is 0 Å². The van der Waals surface area contributed by atoms with Crippen molar-refractivity contribution < 1.29 is 14.3 Å². The minimum absolute atomic E-state index is 0.162. The second-order valence-electron chi connectivity index (χ2n) is 8.56. The first kappa shape index (κ1) is 20.4. The number of carbonyl (C=O) groups excluding carboxylic acids is 1. The van der Waals surface area contributed by atoms with E-state index in [-0.39, 0.29) is 5.92 Å². The van der Waals surface area contributed by atoms with E-state index in [1.165, 1.54) is 12.8 Å². The molecule has 0 radical (unpaired) electrons. The quantitative estimate of drug-likeness (QED) is 0.771. The van der Waals surface area contributed by atoms with E-state index >= 15 is 0 Å². The Morgan fingerprint density at radius 2 is 1.86 bits per heavy atom. The molecule has 7 heteroatoms. The number of hydrogen-bond donors (Lipinski definition) is 0. The van der Waals surface area contributed by atoms with E-state index in [1.54, 1.807) is 19.4 Å². The number of aromatic nitrogens is 2. The Labute approximate surface area is 173 Å². The van der Waals surface area contributed by atoms with E-state index < -0.39 is 0 Å². The maximum Gasteiger partial charge on any atom is 0.228 e. The van der Waals surface area contributed by atoms with Crippen LogP contribution < -0.4 is 9.64 Å². The molecule has 1 aromatic rings. The van der Waals surface area contributed by atoms with Gasteiger partial charge in [-0.05, 0) is 44.4 Å². The third-order valence-corrected chi connectivity index (χ3v) is 6.85. The van der Waals surface area contributed by atoms with E-state index in [0.717, 1.165) is 77.3 Å². The lowest BCUT2D eigenvalue weighted by Crippen LogP contribution is -2.50. The number of methoxy groups -OCH3 is 1. The molecule has 160 valence electrons. The zero-order valence-electron chi connectivity index (χ0n) is 17.6. The summed E-state index contributed by atoms with van der Waals surface area (Å²) < 4.78 is 10.7. The largest absolute Gasteiger partial charge is 0.481 e. The van der Waals surface area contributed by atoms with Gasteiger partial charge in [-0.3, -0.25) is 4.79 Å². The van der Waals surface area contributed by atoms with Crippen molar-refractivity contribution in [3.05, 3.63) is 12.3 Å². The second-order valence-corrected chi connectivity index (χ2v) is 8.56. The Balaban J connectivity index is 1.41. The van der Waals surface area contributed by atoms with Gasteiger partial charge in [0, 0.05) is 57.1 Å². The molecule has 1 atom stereocenters. The lowest BCUT2D eigenvalue weighted by Gasteiger charge is -2.42. The minimum atomic E-state index is 0.162. The Morgan fingerprint density at radius 1 is 1.07 bits per heavy atom. The molecule has 0 bridgehead atoms. The molecule has 0 N–H and O–H groups in total. The van der Waals surface area contributed by atoms with E-state index in [1.807, 2.05) is 0 Å². The molecule has 0 aromatic carbocycles. The summed E-state index contributed by atoms with van der Waals surface area (Å²) in [7, 11) is 1.63. The third kappa shape index (κ3) is 4.82.